The van der Waals surface area contributed by atoms with Crippen molar-refractivity contribution in [3.63, 3.8) is 0 Å². The van der Waals surface area contributed by atoms with Crippen molar-refractivity contribution in [2.24, 2.45) is 0 Å². The smallest absolute Gasteiger partial charge is 0.0547 e. The molecule has 15 heavy (non-hydrogen) atoms. The number of nitrogens with one attached hydrogen (secondary N) is 1. The normalized spacial score (nSPS) is 10.9. The van der Waals surface area contributed by atoms with Crippen molar-refractivity contribution in [3.05, 3.63) is 53.2 Å². The molecule has 2 heteroatoms. The van der Waals surface area contributed by atoms with Gasteiger partial charge in [-0.1, -0.05) is 48.6 Å². The van der Waals surface area contributed by atoms with Crippen molar-refractivity contribution >= 4 is 33.9 Å². The van der Waals surface area contributed by atoms with Crippen LogP contribution >= 0.6 is 12.2 Å². The summed E-state index contributed by atoms with van der Waals surface area (Å²) < 4.78 is 0.898. The Morgan fingerprint density at radius 1 is 0.867 bits per heavy atom. The van der Waals surface area contributed by atoms with Crippen LogP contribution in [0.1, 0.15) is 0 Å². The maximum atomic E-state index is 5.30. The third kappa shape index (κ3) is 1.26. The molecule has 0 aliphatic carbocycles. The Bertz CT molecular complexity index is 697. The van der Waals surface area contributed by atoms with Crippen molar-refractivity contribution in [1.82, 2.24) is 4.98 Å². The summed E-state index contributed by atoms with van der Waals surface area (Å²) in [4.78, 5) is 3.27. The summed E-state index contributed by atoms with van der Waals surface area (Å²) in [7, 11) is 0. The van der Waals surface area contributed by atoms with E-state index in [0.29, 0.717) is 0 Å². The van der Waals surface area contributed by atoms with Crippen LogP contribution in [0.25, 0.3) is 21.7 Å². The summed E-state index contributed by atoms with van der Waals surface area (Å²) in [5, 5.41) is 3.58. The molecule has 0 aliphatic rings. The quantitative estimate of drug-likeness (QED) is 0.438. The first kappa shape index (κ1) is 8.62. The zero-order valence-corrected chi connectivity index (χ0v) is 8.84. The molecule has 1 heterocycles. The molecule has 3 rings (SSSR count). The predicted octanol–water partition coefficient (Wildman–Crippen LogP) is 4.05. The first-order valence-corrected chi connectivity index (χ1v) is 5.26. The Balaban J connectivity index is 2.67. The second kappa shape index (κ2) is 3.17. The summed E-state index contributed by atoms with van der Waals surface area (Å²) in [6, 6.07) is 14.4. The monoisotopic (exact) mass is 211 g/mol. The topological polar surface area (TPSA) is 15.8 Å². The number of rotatable bonds is 0. The van der Waals surface area contributed by atoms with E-state index in [4.69, 9.17) is 12.2 Å². The van der Waals surface area contributed by atoms with Crippen molar-refractivity contribution in [2.45, 2.75) is 0 Å². The van der Waals surface area contributed by atoms with Gasteiger partial charge in [-0.3, -0.25) is 0 Å². The van der Waals surface area contributed by atoms with Gasteiger partial charge in [-0.25, -0.2) is 0 Å². The van der Waals surface area contributed by atoms with Gasteiger partial charge >= 0.3 is 0 Å². The average molecular weight is 211 g/mol. The van der Waals surface area contributed by atoms with Gasteiger partial charge in [-0.2, -0.15) is 0 Å². The summed E-state index contributed by atoms with van der Waals surface area (Å²) in [5.74, 6) is 0. The van der Waals surface area contributed by atoms with E-state index < -0.39 is 0 Å². The van der Waals surface area contributed by atoms with E-state index in [0.717, 1.165) is 15.4 Å². The van der Waals surface area contributed by atoms with Gasteiger partial charge in [0.25, 0.3) is 0 Å². The molecule has 0 unspecified atom stereocenters. The fourth-order valence-corrected chi connectivity index (χ4v) is 2.16. The fourth-order valence-electron chi connectivity index (χ4n) is 1.92. The van der Waals surface area contributed by atoms with Crippen molar-refractivity contribution in [3.8, 4) is 0 Å². The number of benzene rings is 2. The van der Waals surface area contributed by atoms with Crippen LogP contribution in [0, 0.1) is 4.51 Å². The summed E-state index contributed by atoms with van der Waals surface area (Å²) in [6.07, 6.45) is 1.90. The number of pyridine rings is 1. The molecule has 1 N–H and O–H groups in total. The van der Waals surface area contributed by atoms with E-state index in [-0.39, 0.29) is 0 Å². The lowest BCUT2D eigenvalue weighted by molar-refractivity contribution is 1.42. The summed E-state index contributed by atoms with van der Waals surface area (Å²) in [5.41, 5.74) is 1.13. The van der Waals surface area contributed by atoms with Crippen LogP contribution < -0.4 is 0 Å². The first-order valence-electron chi connectivity index (χ1n) is 4.85. The molecule has 3 aromatic rings. The van der Waals surface area contributed by atoms with Gasteiger partial charge in [-0.15, -0.1) is 0 Å². The van der Waals surface area contributed by atoms with E-state index in [2.05, 4.69) is 29.2 Å². The average Bonchev–Trinajstić information content (AvgIpc) is 2.29. The Morgan fingerprint density at radius 2 is 1.73 bits per heavy atom. The summed E-state index contributed by atoms with van der Waals surface area (Å²) >= 11 is 5.30. The zero-order valence-electron chi connectivity index (χ0n) is 8.03. The number of fused-ring (bicyclic) bond motifs is 3. The lowest BCUT2D eigenvalue weighted by Crippen LogP contribution is -1.81. The van der Waals surface area contributed by atoms with Crippen LogP contribution in [0.3, 0.4) is 0 Å². The molecule has 2 aromatic carbocycles. The van der Waals surface area contributed by atoms with E-state index in [1.807, 2.05) is 24.4 Å². The highest BCUT2D eigenvalue weighted by Crippen LogP contribution is 2.23. The minimum atomic E-state index is 0.898. The van der Waals surface area contributed by atoms with Crippen LogP contribution in [0.2, 0.25) is 0 Å². The Morgan fingerprint density at radius 3 is 2.67 bits per heavy atom. The molecule has 0 saturated heterocycles. The molecular weight excluding hydrogens is 202 g/mol. The molecule has 72 valence electrons. The molecular formula is C13H9NS. The number of H-pyrrole nitrogens is 1. The zero-order chi connectivity index (χ0) is 10.3. The lowest BCUT2D eigenvalue weighted by atomic mass is 10.1. The van der Waals surface area contributed by atoms with Crippen LogP contribution in [0.4, 0.5) is 0 Å². The second-order valence-corrected chi connectivity index (χ2v) is 3.99. The Hall–Kier alpha value is -1.67. The van der Waals surface area contributed by atoms with E-state index in [1.54, 1.807) is 0 Å². The highest BCUT2D eigenvalue weighted by molar-refractivity contribution is 7.71. The molecule has 0 saturated carbocycles. The van der Waals surface area contributed by atoms with Gasteiger partial charge in [0.05, 0.1) is 5.52 Å². The van der Waals surface area contributed by atoms with Gasteiger partial charge in [0.15, 0.2) is 0 Å². The van der Waals surface area contributed by atoms with E-state index in [1.165, 1.54) is 10.8 Å². The molecule has 0 amide bonds. The molecule has 0 aliphatic heterocycles. The highest BCUT2D eigenvalue weighted by Gasteiger charge is 1.99. The first-order chi connectivity index (χ1) is 7.36. The number of hydrogen-bond donors (Lipinski definition) is 1. The van der Waals surface area contributed by atoms with Gasteiger partial charge in [0.1, 0.15) is 0 Å². The number of aromatic amines is 1. The second-order valence-electron chi connectivity index (χ2n) is 3.55. The van der Waals surface area contributed by atoms with Gasteiger partial charge in [-0.05, 0) is 11.5 Å². The Labute approximate surface area is 92.4 Å². The highest BCUT2D eigenvalue weighted by atomic mass is 32.1. The van der Waals surface area contributed by atoms with Crippen molar-refractivity contribution in [1.29, 1.82) is 0 Å². The third-order valence-corrected chi connectivity index (χ3v) is 3.01. The molecule has 0 bridgehead atoms. The van der Waals surface area contributed by atoms with Crippen molar-refractivity contribution < 1.29 is 0 Å². The van der Waals surface area contributed by atoms with E-state index >= 15 is 0 Å². The van der Waals surface area contributed by atoms with Crippen LogP contribution in [-0.4, -0.2) is 4.98 Å². The van der Waals surface area contributed by atoms with Crippen LogP contribution in [0.5, 0.6) is 0 Å². The fraction of sp³-hybridized carbons (Fsp3) is 0. The minimum Gasteiger partial charge on any atom is -0.361 e. The molecule has 0 spiro atoms. The largest absolute Gasteiger partial charge is 0.361 e. The van der Waals surface area contributed by atoms with Gasteiger partial charge in [0, 0.05) is 21.5 Å². The molecule has 1 nitrogen and oxygen atoms in total. The number of hydrogen-bond acceptors (Lipinski definition) is 1. The van der Waals surface area contributed by atoms with Crippen molar-refractivity contribution in [2.75, 3.05) is 0 Å². The lowest BCUT2D eigenvalue weighted by Gasteiger charge is -2.03. The van der Waals surface area contributed by atoms with Crippen LogP contribution in [0.15, 0.2) is 48.7 Å². The Kier molecular flexibility index (Phi) is 1.82. The standard InChI is InChI=1S/C13H9NS/c15-12-7-8-14-13-10-4-2-1-3-9(10)5-6-11(12)13/h1-8H,(H,14,15). The molecule has 0 atom stereocenters. The number of aromatic nitrogens is 1. The minimum absolute atomic E-state index is 0.898. The van der Waals surface area contributed by atoms with Gasteiger partial charge < -0.3 is 4.98 Å². The maximum absolute atomic E-state index is 5.30. The molecule has 1 aromatic heterocycles. The maximum Gasteiger partial charge on any atom is 0.0547 e. The summed E-state index contributed by atoms with van der Waals surface area (Å²) in [6.45, 7) is 0. The SMILES string of the molecule is S=c1cc[nH]c2c1ccc1ccccc12. The predicted molar refractivity (Wildman–Crippen MR) is 66.6 cm³/mol. The third-order valence-electron chi connectivity index (χ3n) is 2.66. The van der Waals surface area contributed by atoms with Gasteiger partial charge in [0.2, 0.25) is 0 Å². The molecule has 0 radical (unpaired) electrons. The van der Waals surface area contributed by atoms with Crippen LogP contribution in [-0.2, 0) is 0 Å². The molecule has 0 fully saturated rings. The van der Waals surface area contributed by atoms with E-state index in [9.17, 15) is 0 Å².